The van der Waals surface area contributed by atoms with Gasteiger partial charge in [-0.2, -0.15) is 0 Å². The van der Waals surface area contributed by atoms with E-state index in [4.69, 9.17) is 4.74 Å². The van der Waals surface area contributed by atoms with Crippen LogP contribution >= 0.6 is 0 Å². The van der Waals surface area contributed by atoms with Gasteiger partial charge in [-0.05, 0) is 19.3 Å². The molecule has 1 saturated heterocycles. The Bertz CT molecular complexity index is 209. The van der Waals surface area contributed by atoms with Crippen molar-refractivity contribution in [1.82, 2.24) is 5.32 Å². The van der Waals surface area contributed by atoms with Gasteiger partial charge in [-0.25, -0.2) is 0 Å². The number of hydrogen-bond acceptors (Lipinski definition) is 3. The number of nitrogens with one attached hydrogen (secondary N) is 1. The number of carbonyl (C=O) groups is 1. The molecule has 2 unspecified atom stereocenters. The average Bonchev–Trinajstić information content (AvgIpc) is 2.41. The first-order valence-corrected chi connectivity index (χ1v) is 7.67. The molecule has 0 radical (unpaired) electrons. The van der Waals surface area contributed by atoms with E-state index in [1.165, 1.54) is 32.1 Å². The van der Waals surface area contributed by atoms with Gasteiger partial charge in [0.05, 0.1) is 12.7 Å². The van der Waals surface area contributed by atoms with E-state index in [0.717, 1.165) is 38.7 Å². The Hall–Kier alpha value is -0.410. The fraction of sp³-hybridized carbons (Fsp3) is 0.933. The maximum atomic E-state index is 10.3. The molecule has 3 heteroatoms. The van der Waals surface area contributed by atoms with Crippen molar-refractivity contribution in [2.45, 2.75) is 76.9 Å². The van der Waals surface area contributed by atoms with E-state index < -0.39 is 0 Å². The van der Waals surface area contributed by atoms with Crippen LogP contribution in [0.5, 0.6) is 0 Å². The summed E-state index contributed by atoms with van der Waals surface area (Å²) in [5, 5.41) is 3.57. The van der Waals surface area contributed by atoms with Crippen LogP contribution in [-0.4, -0.2) is 31.6 Å². The van der Waals surface area contributed by atoms with E-state index in [0.29, 0.717) is 18.6 Å². The lowest BCUT2D eigenvalue weighted by molar-refractivity contribution is -0.107. The largest absolute Gasteiger partial charge is 0.375 e. The lowest BCUT2D eigenvalue weighted by Gasteiger charge is -2.33. The van der Waals surface area contributed by atoms with Gasteiger partial charge in [0, 0.05) is 19.0 Å². The molecule has 1 fully saturated rings. The van der Waals surface area contributed by atoms with Gasteiger partial charge in [-0.15, -0.1) is 0 Å². The molecule has 1 heterocycles. The van der Waals surface area contributed by atoms with Gasteiger partial charge in [-0.3, -0.25) is 0 Å². The third kappa shape index (κ3) is 6.50. The molecule has 2 atom stereocenters. The van der Waals surface area contributed by atoms with Crippen LogP contribution in [0.3, 0.4) is 0 Å². The Kier molecular flexibility index (Phi) is 9.13. The Balaban J connectivity index is 2.17. The Morgan fingerprint density at radius 1 is 1.17 bits per heavy atom. The van der Waals surface area contributed by atoms with E-state index in [2.05, 4.69) is 12.2 Å². The number of hydrogen-bond donors (Lipinski definition) is 1. The van der Waals surface area contributed by atoms with Crippen LogP contribution in [0, 0.1) is 0 Å². The maximum Gasteiger partial charge on any atom is 0.119 e. The molecular formula is C15H29NO2. The second-order valence-electron chi connectivity index (χ2n) is 5.27. The predicted molar refractivity (Wildman–Crippen MR) is 74.8 cm³/mol. The highest BCUT2D eigenvalue weighted by molar-refractivity contribution is 5.48. The molecule has 1 rings (SSSR count). The van der Waals surface area contributed by atoms with E-state index >= 15 is 0 Å². The zero-order valence-electron chi connectivity index (χ0n) is 11.8. The Morgan fingerprint density at radius 2 is 2.00 bits per heavy atom. The molecule has 0 spiro atoms. The minimum Gasteiger partial charge on any atom is -0.375 e. The summed E-state index contributed by atoms with van der Waals surface area (Å²) in [6.45, 7) is 4.07. The highest BCUT2D eigenvalue weighted by atomic mass is 16.5. The van der Waals surface area contributed by atoms with Crippen LogP contribution in [0.25, 0.3) is 0 Å². The van der Waals surface area contributed by atoms with Crippen molar-refractivity contribution < 1.29 is 9.53 Å². The fourth-order valence-corrected chi connectivity index (χ4v) is 2.64. The Morgan fingerprint density at radius 3 is 2.78 bits per heavy atom. The first-order valence-electron chi connectivity index (χ1n) is 7.67. The topological polar surface area (TPSA) is 38.3 Å². The van der Waals surface area contributed by atoms with Crippen molar-refractivity contribution in [3.05, 3.63) is 0 Å². The molecule has 0 aromatic carbocycles. The van der Waals surface area contributed by atoms with Gasteiger partial charge in [0.1, 0.15) is 6.29 Å². The highest BCUT2D eigenvalue weighted by Gasteiger charge is 2.24. The van der Waals surface area contributed by atoms with Crippen molar-refractivity contribution >= 4 is 6.29 Å². The maximum absolute atomic E-state index is 10.3. The highest BCUT2D eigenvalue weighted by Crippen LogP contribution is 2.18. The fourth-order valence-electron chi connectivity index (χ4n) is 2.64. The van der Waals surface area contributed by atoms with Crippen LogP contribution in [-0.2, 0) is 9.53 Å². The zero-order chi connectivity index (χ0) is 13.1. The van der Waals surface area contributed by atoms with Gasteiger partial charge in [0.25, 0.3) is 0 Å². The third-order valence-corrected chi connectivity index (χ3v) is 3.72. The number of morpholine rings is 1. The first kappa shape index (κ1) is 15.6. The van der Waals surface area contributed by atoms with Gasteiger partial charge in [0.15, 0.2) is 0 Å². The lowest BCUT2D eigenvalue weighted by Crippen LogP contribution is -2.48. The van der Waals surface area contributed by atoms with E-state index in [-0.39, 0.29) is 0 Å². The third-order valence-electron chi connectivity index (χ3n) is 3.72. The zero-order valence-corrected chi connectivity index (χ0v) is 11.8. The van der Waals surface area contributed by atoms with E-state index in [9.17, 15) is 4.79 Å². The predicted octanol–water partition coefficient (Wildman–Crippen LogP) is 3.07. The summed E-state index contributed by atoms with van der Waals surface area (Å²) >= 11 is 0. The normalized spacial score (nSPS) is 24.1. The van der Waals surface area contributed by atoms with Crippen molar-refractivity contribution in [2.24, 2.45) is 0 Å². The van der Waals surface area contributed by atoms with Crippen molar-refractivity contribution in [1.29, 1.82) is 0 Å². The second kappa shape index (κ2) is 10.5. The monoisotopic (exact) mass is 255 g/mol. The van der Waals surface area contributed by atoms with E-state index in [1.807, 2.05) is 0 Å². The number of carbonyl (C=O) groups excluding carboxylic acids is 1. The van der Waals surface area contributed by atoms with Crippen LogP contribution in [0.15, 0.2) is 0 Å². The number of aldehydes is 1. The van der Waals surface area contributed by atoms with Gasteiger partial charge in [0.2, 0.25) is 0 Å². The minimum atomic E-state index is 0.395. The Labute approximate surface area is 112 Å². The molecule has 0 aliphatic carbocycles. The summed E-state index contributed by atoms with van der Waals surface area (Å²) in [7, 11) is 0. The number of ether oxygens (including phenoxy) is 1. The summed E-state index contributed by atoms with van der Waals surface area (Å²) in [5.74, 6) is 0. The molecule has 18 heavy (non-hydrogen) atoms. The molecule has 0 saturated carbocycles. The summed E-state index contributed by atoms with van der Waals surface area (Å²) in [4.78, 5) is 10.3. The molecule has 0 bridgehead atoms. The summed E-state index contributed by atoms with van der Waals surface area (Å²) in [5.41, 5.74) is 0. The molecule has 0 amide bonds. The SMILES string of the molecule is CCCCCCC1OCCNC1CCCCC=O. The smallest absolute Gasteiger partial charge is 0.119 e. The molecule has 106 valence electrons. The van der Waals surface area contributed by atoms with E-state index in [1.54, 1.807) is 0 Å². The number of rotatable bonds is 10. The summed E-state index contributed by atoms with van der Waals surface area (Å²) < 4.78 is 5.90. The quantitative estimate of drug-likeness (QED) is 0.481. The van der Waals surface area contributed by atoms with Crippen molar-refractivity contribution in [3.8, 4) is 0 Å². The van der Waals surface area contributed by atoms with Crippen molar-refractivity contribution in [2.75, 3.05) is 13.2 Å². The van der Waals surface area contributed by atoms with Crippen molar-refractivity contribution in [3.63, 3.8) is 0 Å². The molecule has 0 aromatic heterocycles. The van der Waals surface area contributed by atoms with Crippen LogP contribution < -0.4 is 5.32 Å². The minimum absolute atomic E-state index is 0.395. The van der Waals surface area contributed by atoms with Crippen LogP contribution in [0.4, 0.5) is 0 Å². The number of unbranched alkanes of at least 4 members (excludes halogenated alkanes) is 5. The summed E-state index contributed by atoms with van der Waals surface area (Å²) in [6, 6.07) is 0.507. The standard InChI is InChI=1S/C15H29NO2/c1-2-3-4-7-10-15-14(16-11-13-18-15)9-6-5-8-12-17/h12,14-16H,2-11,13H2,1H3. The van der Waals surface area contributed by atoms with Gasteiger partial charge < -0.3 is 14.8 Å². The summed E-state index contributed by atoms with van der Waals surface area (Å²) in [6.07, 6.45) is 11.8. The molecule has 0 aromatic rings. The molecule has 3 nitrogen and oxygen atoms in total. The molecule has 1 aliphatic rings. The first-order chi connectivity index (χ1) is 8.88. The van der Waals surface area contributed by atoms with Crippen LogP contribution in [0.2, 0.25) is 0 Å². The average molecular weight is 255 g/mol. The van der Waals surface area contributed by atoms with Gasteiger partial charge >= 0.3 is 0 Å². The second-order valence-corrected chi connectivity index (χ2v) is 5.27. The lowest BCUT2D eigenvalue weighted by atomic mass is 9.97. The molecule has 1 N–H and O–H groups in total. The molecular weight excluding hydrogens is 226 g/mol. The van der Waals surface area contributed by atoms with Gasteiger partial charge in [-0.1, -0.05) is 39.0 Å². The molecule has 1 aliphatic heterocycles. The van der Waals surface area contributed by atoms with Crippen LogP contribution in [0.1, 0.15) is 64.7 Å².